The minimum atomic E-state index is -0.184. The highest BCUT2D eigenvalue weighted by Crippen LogP contribution is 2.20. The fourth-order valence-corrected chi connectivity index (χ4v) is 2.46. The van der Waals surface area contributed by atoms with Crippen molar-refractivity contribution in [2.45, 2.75) is 19.4 Å². The molecule has 2 aromatic rings. The van der Waals surface area contributed by atoms with Crippen molar-refractivity contribution in [1.29, 1.82) is 0 Å². The Balaban J connectivity index is 0.00000288. The van der Waals surface area contributed by atoms with Gasteiger partial charge in [0.1, 0.15) is 6.10 Å². The van der Waals surface area contributed by atoms with Gasteiger partial charge in [0.2, 0.25) is 0 Å². The van der Waals surface area contributed by atoms with Crippen LogP contribution in [0.15, 0.2) is 53.5 Å². The standard InChI is InChI=1S/C18H22ClN3O.HI/c1-3-13-6-4-9-16(10-13)22-18(20)21-12-17(23-2)14-7-5-8-15(19)11-14;/h4-11,17H,3,12H2,1-2H3,(H3,20,21,22);1H. The summed E-state index contributed by atoms with van der Waals surface area (Å²) in [5.74, 6) is 0.363. The van der Waals surface area contributed by atoms with E-state index in [1.807, 2.05) is 36.4 Å². The number of guanidine groups is 1. The highest BCUT2D eigenvalue weighted by atomic mass is 127. The van der Waals surface area contributed by atoms with Crippen molar-refractivity contribution in [3.05, 3.63) is 64.7 Å². The predicted octanol–water partition coefficient (Wildman–Crippen LogP) is 4.63. The monoisotopic (exact) mass is 459 g/mol. The first-order valence-electron chi connectivity index (χ1n) is 7.56. The molecule has 0 aromatic heterocycles. The van der Waals surface area contributed by atoms with Crippen molar-refractivity contribution in [2.75, 3.05) is 19.0 Å². The molecular weight excluding hydrogens is 437 g/mol. The van der Waals surface area contributed by atoms with Crippen LogP contribution in [-0.2, 0) is 11.2 Å². The molecule has 0 bridgehead atoms. The molecule has 3 N–H and O–H groups in total. The van der Waals surface area contributed by atoms with Gasteiger partial charge in [-0.2, -0.15) is 0 Å². The number of rotatable bonds is 6. The normalized spacial score (nSPS) is 12.4. The molecule has 0 spiro atoms. The Morgan fingerprint density at radius 1 is 1.25 bits per heavy atom. The van der Waals surface area contributed by atoms with Crippen LogP contribution in [0.4, 0.5) is 5.69 Å². The average molecular weight is 460 g/mol. The molecule has 130 valence electrons. The molecule has 0 saturated heterocycles. The maximum atomic E-state index is 6.02. The molecule has 0 fully saturated rings. The second-order valence-electron chi connectivity index (χ2n) is 5.18. The largest absolute Gasteiger partial charge is 0.375 e. The summed E-state index contributed by atoms with van der Waals surface area (Å²) in [7, 11) is 1.65. The maximum Gasteiger partial charge on any atom is 0.193 e. The van der Waals surface area contributed by atoms with E-state index >= 15 is 0 Å². The van der Waals surface area contributed by atoms with Crippen molar-refractivity contribution in [2.24, 2.45) is 10.7 Å². The van der Waals surface area contributed by atoms with Gasteiger partial charge in [-0.25, -0.2) is 0 Å². The van der Waals surface area contributed by atoms with Gasteiger partial charge in [-0.1, -0.05) is 42.8 Å². The van der Waals surface area contributed by atoms with Crippen LogP contribution in [0.25, 0.3) is 0 Å². The average Bonchev–Trinajstić information content (AvgIpc) is 2.55. The van der Waals surface area contributed by atoms with Gasteiger partial charge >= 0.3 is 0 Å². The number of anilines is 1. The Hall–Kier alpha value is -1.31. The Morgan fingerprint density at radius 2 is 2.00 bits per heavy atom. The number of methoxy groups -OCH3 is 1. The first-order valence-corrected chi connectivity index (χ1v) is 7.94. The topological polar surface area (TPSA) is 59.6 Å². The van der Waals surface area contributed by atoms with Crippen LogP contribution in [-0.4, -0.2) is 19.6 Å². The second-order valence-corrected chi connectivity index (χ2v) is 5.62. The summed E-state index contributed by atoms with van der Waals surface area (Å²) in [5.41, 5.74) is 9.12. The van der Waals surface area contributed by atoms with Gasteiger partial charge in [-0.15, -0.1) is 24.0 Å². The van der Waals surface area contributed by atoms with Crippen LogP contribution >= 0.6 is 35.6 Å². The minimum absolute atomic E-state index is 0. The van der Waals surface area contributed by atoms with E-state index in [-0.39, 0.29) is 30.1 Å². The zero-order valence-corrected chi connectivity index (χ0v) is 16.9. The van der Waals surface area contributed by atoms with E-state index in [1.165, 1.54) is 5.56 Å². The first kappa shape index (κ1) is 20.7. The van der Waals surface area contributed by atoms with Gasteiger partial charge in [-0.05, 0) is 41.8 Å². The molecule has 0 amide bonds. The summed E-state index contributed by atoms with van der Waals surface area (Å²) >= 11 is 6.02. The number of nitrogens with one attached hydrogen (secondary N) is 1. The van der Waals surface area contributed by atoms with Crippen LogP contribution in [0.3, 0.4) is 0 Å². The smallest absolute Gasteiger partial charge is 0.193 e. The van der Waals surface area contributed by atoms with E-state index in [0.29, 0.717) is 17.5 Å². The van der Waals surface area contributed by atoms with Crippen LogP contribution in [0.5, 0.6) is 0 Å². The van der Waals surface area contributed by atoms with Crippen molar-refractivity contribution in [3.8, 4) is 0 Å². The predicted molar refractivity (Wildman–Crippen MR) is 113 cm³/mol. The Kier molecular flexibility index (Phi) is 9.10. The van der Waals surface area contributed by atoms with Gasteiger partial charge in [-0.3, -0.25) is 4.99 Å². The van der Waals surface area contributed by atoms with Gasteiger partial charge in [0.15, 0.2) is 5.96 Å². The quantitative estimate of drug-likeness (QED) is 0.376. The summed E-state index contributed by atoms with van der Waals surface area (Å²) in [6, 6.07) is 15.7. The van der Waals surface area contributed by atoms with E-state index in [0.717, 1.165) is 17.7 Å². The van der Waals surface area contributed by atoms with Crippen molar-refractivity contribution < 1.29 is 4.74 Å². The molecule has 0 radical (unpaired) electrons. The van der Waals surface area contributed by atoms with E-state index in [2.05, 4.69) is 29.4 Å². The van der Waals surface area contributed by atoms with Crippen LogP contribution in [0.2, 0.25) is 5.02 Å². The molecule has 0 aliphatic carbocycles. The zero-order chi connectivity index (χ0) is 16.7. The van der Waals surface area contributed by atoms with E-state index in [4.69, 9.17) is 22.1 Å². The highest BCUT2D eigenvalue weighted by molar-refractivity contribution is 14.0. The van der Waals surface area contributed by atoms with Crippen molar-refractivity contribution in [3.63, 3.8) is 0 Å². The lowest BCUT2D eigenvalue weighted by Gasteiger charge is -2.14. The highest BCUT2D eigenvalue weighted by Gasteiger charge is 2.10. The minimum Gasteiger partial charge on any atom is -0.375 e. The molecule has 0 heterocycles. The number of ether oxygens (including phenoxy) is 1. The number of nitrogens with zero attached hydrogens (tertiary/aromatic N) is 1. The van der Waals surface area contributed by atoms with Crippen LogP contribution in [0.1, 0.15) is 24.2 Å². The molecule has 1 unspecified atom stereocenters. The second kappa shape index (κ2) is 10.5. The number of aryl methyl sites for hydroxylation is 1. The summed E-state index contributed by atoms with van der Waals surface area (Å²) in [5, 5.41) is 3.78. The number of benzene rings is 2. The Labute approximate surface area is 165 Å². The van der Waals surface area contributed by atoms with E-state index < -0.39 is 0 Å². The fraction of sp³-hybridized carbons (Fsp3) is 0.278. The molecule has 1 atom stereocenters. The lowest BCUT2D eigenvalue weighted by Crippen LogP contribution is -2.24. The van der Waals surface area contributed by atoms with Gasteiger partial charge in [0.05, 0.1) is 6.54 Å². The number of hydrogen-bond donors (Lipinski definition) is 2. The summed E-state index contributed by atoms with van der Waals surface area (Å²) in [6.45, 7) is 2.54. The first-order chi connectivity index (χ1) is 11.1. The molecule has 6 heteroatoms. The van der Waals surface area contributed by atoms with Gasteiger partial charge < -0.3 is 15.8 Å². The molecule has 0 aliphatic heterocycles. The van der Waals surface area contributed by atoms with Gasteiger partial charge in [0, 0.05) is 17.8 Å². The SMILES string of the molecule is CCc1cccc(NC(N)=NCC(OC)c2cccc(Cl)c2)c1.I. The number of aliphatic imine (C=N–C) groups is 1. The molecule has 2 rings (SSSR count). The molecule has 2 aromatic carbocycles. The van der Waals surface area contributed by atoms with E-state index in [1.54, 1.807) is 7.11 Å². The van der Waals surface area contributed by atoms with Gasteiger partial charge in [0.25, 0.3) is 0 Å². The summed E-state index contributed by atoms with van der Waals surface area (Å²) < 4.78 is 5.48. The van der Waals surface area contributed by atoms with E-state index in [9.17, 15) is 0 Å². The van der Waals surface area contributed by atoms with Crippen LogP contribution in [0, 0.1) is 0 Å². The summed E-state index contributed by atoms with van der Waals surface area (Å²) in [4.78, 5) is 4.37. The van der Waals surface area contributed by atoms with Crippen molar-refractivity contribution in [1.82, 2.24) is 0 Å². The maximum absolute atomic E-state index is 6.02. The molecular formula is C18H23ClIN3O. The Morgan fingerprint density at radius 3 is 2.67 bits per heavy atom. The van der Waals surface area contributed by atoms with Crippen molar-refractivity contribution >= 4 is 47.2 Å². The number of nitrogens with two attached hydrogens (primary N) is 1. The lowest BCUT2D eigenvalue weighted by molar-refractivity contribution is 0.111. The molecule has 24 heavy (non-hydrogen) atoms. The Bertz CT molecular complexity index is 679. The summed E-state index contributed by atoms with van der Waals surface area (Å²) in [6.07, 6.45) is 0.795. The molecule has 0 aliphatic rings. The number of halogens is 2. The zero-order valence-electron chi connectivity index (χ0n) is 13.8. The number of hydrogen-bond acceptors (Lipinski definition) is 2. The molecule has 0 saturated carbocycles. The van der Waals surface area contributed by atoms with Crippen LogP contribution < -0.4 is 11.1 Å². The third-order valence-electron chi connectivity index (χ3n) is 3.54. The lowest BCUT2D eigenvalue weighted by atomic mass is 10.1. The fourth-order valence-electron chi connectivity index (χ4n) is 2.26. The molecule has 4 nitrogen and oxygen atoms in total. The third-order valence-corrected chi connectivity index (χ3v) is 3.78. The third kappa shape index (κ3) is 6.30.